The zero-order valence-electron chi connectivity index (χ0n) is 15.7. The van der Waals surface area contributed by atoms with Crippen LogP contribution in [0.4, 0.5) is 5.82 Å². The fourth-order valence-corrected chi connectivity index (χ4v) is 3.32. The molecule has 0 atom stereocenters. The highest BCUT2D eigenvalue weighted by Gasteiger charge is 2.11. The van der Waals surface area contributed by atoms with E-state index in [-0.39, 0.29) is 0 Å². The summed E-state index contributed by atoms with van der Waals surface area (Å²) in [5, 5.41) is 4.15. The molecule has 0 aliphatic carbocycles. The topological polar surface area (TPSA) is 76.7 Å². The average molecular weight is 379 g/mol. The van der Waals surface area contributed by atoms with Gasteiger partial charge in [0.1, 0.15) is 12.1 Å². The van der Waals surface area contributed by atoms with Crippen LogP contribution in [-0.2, 0) is 0 Å². The minimum absolute atomic E-state index is 0.605. The van der Waals surface area contributed by atoms with Crippen LogP contribution in [-0.4, -0.2) is 27.0 Å². The van der Waals surface area contributed by atoms with Gasteiger partial charge < -0.3 is 9.73 Å². The molecule has 29 heavy (non-hydrogen) atoms. The van der Waals surface area contributed by atoms with E-state index in [0.717, 1.165) is 39.0 Å². The highest BCUT2D eigenvalue weighted by atomic mass is 16.3. The van der Waals surface area contributed by atoms with E-state index in [4.69, 9.17) is 14.4 Å². The first-order valence-electron chi connectivity index (χ1n) is 9.22. The van der Waals surface area contributed by atoms with Gasteiger partial charge in [-0.1, -0.05) is 18.2 Å². The van der Waals surface area contributed by atoms with E-state index in [9.17, 15) is 0 Å². The Balaban J connectivity index is 1.62. The summed E-state index contributed by atoms with van der Waals surface area (Å²) in [5.41, 5.74) is 4.83. The summed E-state index contributed by atoms with van der Waals surface area (Å²) in [6, 6.07) is 18.1. The van der Waals surface area contributed by atoms with Crippen LogP contribution in [0.1, 0.15) is 0 Å². The zero-order chi connectivity index (χ0) is 19.6. The minimum Gasteiger partial charge on any atom is -0.445 e. The van der Waals surface area contributed by atoms with Crippen molar-refractivity contribution in [3.8, 4) is 34.0 Å². The molecule has 0 saturated carbocycles. The summed E-state index contributed by atoms with van der Waals surface area (Å²) in [4.78, 5) is 17.8. The largest absolute Gasteiger partial charge is 0.445 e. The minimum atomic E-state index is 0.605. The Labute approximate surface area is 167 Å². The SMILES string of the molecule is CNc1nc(-c2cccnc2)nc2ccc(-c3cccc(-c4ncco4)c3)cc12. The van der Waals surface area contributed by atoms with E-state index in [1.807, 2.05) is 37.4 Å². The first-order valence-corrected chi connectivity index (χ1v) is 9.22. The Morgan fingerprint density at radius 3 is 2.48 bits per heavy atom. The van der Waals surface area contributed by atoms with Gasteiger partial charge in [0, 0.05) is 36.0 Å². The Morgan fingerprint density at radius 2 is 1.69 bits per heavy atom. The molecule has 5 aromatic rings. The molecule has 3 heterocycles. The maximum absolute atomic E-state index is 5.43. The van der Waals surface area contributed by atoms with Crippen LogP contribution in [0, 0.1) is 0 Å². The van der Waals surface area contributed by atoms with Crippen molar-refractivity contribution in [2.45, 2.75) is 0 Å². The van der Waals surface area contributed by atoms with Crippen LogP contribution in [0.15, 0.2) is 83.9 Å². The van der Waals surface area contributed by atoms with Crippen LogP contribution >= 0.6 is 0 Å². The number of fused-ring (bicyclic) bond motifs is 1. The van der Waals surface area contributed by atoms with Crippen LogP contribution in [0.5, 0.6) is 0 Å². The number of hydrogen-bond acceptors (Lipinski definition) is 6. The number of oxazole rings is 1. The quantitative estimate of drug-likeness (QED) is 0.471. The lowest BCUT2D eigenvalue weighted by Crippen LogP contribution is -1.99. The van der Waals surface area contributed by atoms with Crippen molar-refractivity contribution >= 4 is 16.7 Å². The zero-order valence-corrected chi connectivity index (χ0v) is 15.7. The Hall–Kier alpha value is -4.06. The molecule has 140 valence electrons. The van der Waals surface area contributed by atoms with Gasteiger partial charge in [-0.25, -0.2) is 15.0 Å². The number of rotatable bonds is 4. The summed E-state index contributed by atoms with van der Waals surface area (Å²) in [6.07, 6.45) is 6.73. The van der Waals surface area contributed by atoms with Crippen molar-refractivity contribution in [2.24, 2.45) is 0 Å². The third-order valence-corrected chi connectivity index (χ3v) is 4.73. The molecule has 0 radical (unpaired) electrons. The standard InChI is InChI=1S/C23H17N5O/c1-24-22-19-13-16(15-4-2-5-17(12-15)23-26-10-11-29-23)7-8-20(19)27-21(28-22)18-6-3-9-25-14-18/h2-14H,1H3,(H,24,27,28). The van der Waals surface area contributed by atoms with Crippen LogP contribution in [0.3, 0.4) is 0 Å². The molecule has 1 N–H and O–H groups in total. The van der Waals surface area contributed by atoms with Gasteiger partial charge in [0.15, 0.2) is 5.82 Å². The molecule has 2 aromatic carbocycles. The number of nitrogens with one attached hydrogen (secondary N) is 1. The molecule has 0 unspecified atom stereocenters. The summed E-state index contributed by atoms with van der Waals surface area (Å²) in [5.74, 6) is 2.03. The monoisotopic (exact) mass is 379 g/mol. The molecule has 0 aliphatic heterocycles. The molecule has 5 rings (SSSR count). The molecule has 6 heteroatoms. The van der Waals surface area contributed by atoms with Crippen molar-refractivity contribution in [1.29, 1.82) is 0 Å². The normalized spacial score (nSPS) is 10.9. The first kappa shape index (κ1) is 17.1. The van der Waals surface area contributed by atoms with Crippen molar-refractivity contribution in [3.63, 3.8) is 0 Å². The fourth-order valence-electron chi connectivity index (χ4n) is 3.32. The second-order valence-corrected chi connectivity index (χ2v) is 6.54. The van der Waals surface area contributed by atoms with E-state index >= 15 is 0 Å². The molecule has 3 aromatic heterocycles. The maximum Gasteiger partial charge on any atom is 0.225 e. The van der Waals surface area contributed by atoms with Gasteiger partial charge in [0.2, 0.25) is 5.89 Å². The van der Waals surface area contributed by atoms with Crippen molar-refractivity contribution < 1.29 is 4.42 Å². The molecule has 0 saturated heterocycles. The van der Waals surface area contributed by atoms with Crippen LogP contribution in [0.2, 0.25) is 0 Å². The predicted octanol–water partition coefficient (Wildman–Crippen LogP) is 5.06. The Morgan fingerprint density at radius 1 is 0.828 bits per heavy atom. The summed E-state index contributed by atoms with van der Waals surface area (Å²) >= 11 is 0. The van der Waals surface area contributed by atoms with Crippen molar-refractivity contribution in [1.82, 2.24) is 19.9 Å². The number of benzene rings is 2. The number of nitrogens with zero attached hydrogens (tertiary/aromatic N) is 4. The van der Waals surface area contributed by atoms with Gasteiger partial charge in [-0.05, 0) is 47.5 Å². The molecule has 0 fully saturated rings. The maximum atomic E-state index is 5.43. The molecular weight excluding hydrogens is 362 g/mol. The fraction of sp³-hybridized carbons (Fsp3) is 0.0435. The second kappa shape index (κ2) is 7.16. The van der Waals surface area contributed by atoms with Crippen molar-refractivity contribution in [3.05, 3.63) is 79.5 Å². The van der Waals surface area contributed by atoms with E-state index in [1.54, 1.807) is 24.9 Å². The van der Waals surface area contributed by atoms with E-state index in [0.29, 0.717) is 11.7 Å². The molecule has 6 nitrogen and oxygen atoms in total. The number of hydrogen-bond donors (Lipinski definition) is 1. The van der Waals surface area contributed by atoms with Gasteiger partial charge in [-0.15, -0.1) is 0 Å². The summed E-state index contributed by atoms with van der Waals surface area (Å²) < 4.78 is 5.43. The predicted molar refractivity (Wildman–Crippen MR) is 113 cm³/mol. The lowest BCUT2D eigenvalue weighted by Gasteiger charge is -2.10. The lowest BCUT2D eigenvalue weighted by molar-refractivity contribution is 0.574. The molecule has 0 aliphatic rings. The third kappa shape index (κ3) is 3.21. The van der Waals surface area contributed by atoms with E-state index in [1.165, 1.54) is 0 Å². The van der Waals surface area contributed by atoms with Crippen LogP contribution < -0.4 is 5.32 Å². The summed E-state index contributed by atoms with van der Waals surface area (Å²) in [7, 11) is 1.87. The summed E-state index contributed by atoms with van der Waals surface area (Å²) in [6.45, 7) is 0. The lowest BCUT2D eigenvalue weighted by atomic mass is 10.0. The first-order chi connectivity index (χ1) is 14.3. The molecular formula is C23H17N5O. The molecule has 0 spiro atoms. The number of aromatic nitrogens is 4. The smallest absolute Gasteiger partial charge is 0.225 e. The molecule has 0 bridgehead atoms. The second-order valence-electron chi connectivity index (χ2n) is 6.54. The van der Waals surface area contributed by atoms with E-state index < -0.39 is 0 Å². The van der Waals surface area contributed by atoms with E-state index in [2.05, 4.69) is 39.6 Å². The number of pyridine rings is 1. The highest BCUT2D eigenvalue weighted by molar-refractivity contribution is 5.94. The van der Waals surface area contributed by atoms with Gasteiger partial charge in [-0.3, -0.25) is 4.98 Å². The van der Waals surface area contributed by atoms with Gasteiger partial charge in [-0.2, -0.15) is 0 Å². The van der Waals surface area contributed by atoms with Crippen LogP contribution in [0.25, 0.3) is 44.9 Å². The number of anilines is 1. The highest BCUT2D eigenvalue weighted by Crippen LogP contribution is 2.31. The molecule has 0 amide bonds. The van der Waals surface area contributed by atoms with Crippen molar-refractivity contribution in [2.75, 3.05) is 12.4 Å². The van der Waals surface area contributed by atoms with Gasteiger partial charge >= 0.3 is 0 Å². The average Bonchev–Trinajstić information content (AvgIpc) is 3.34. The Bertz CT molecular complexity index is 1280. The van der Waals surface area contributed by atoms with Gasteiger partial charge in [0.25, 0.3) is 0 Å². The third-order valence-electron chi connectivity index (χ3n) is 4.73. The Kier molecular flexibility index (Phi) is 4.22. The van der Waals surface area contributed by atoms with Gasteiger partial charge in [0.05, 0.1) is 11.7 Å².